The van der Waals surface area contributed by atoms with E-state index in [1.54, 1.807) is 7.11 Å². The first-order valence-corrected chi connectivity index (χ1v) is 5.82. The summed E-state index contributed by atoms with van der Waals surface area (Å²) in [4.78, 5) is 0. The number of anilines is 1. The summed E-state index contributed by atoms with van der Waals surface area (Å²) >= 11 is 0. The minimum atomic E-state index is -0.462. The molecule has 1 aliphatic rings. The number of aliphatic hydroxyl groups excluding tert-OH is 1. The van der Waals surface area contributed by atoms with Crippen molar-refractivity contribution in [3.05, 3.63) is 23.8 Å². The highest BCUT2D eigenvalue weighted by molar-refractivity contribution is 5.59. The van der Waals surface area contributed by atoms with Crippen LogP contribution in [0, 0.1) is 5.92 Å². The molecule has 3 nitrogen and oxygen atoms in total. The Kier molecular flexibility index (Phi) is 3.34. The maximum atomic E-state index is 10.1. The van der Waals surface area contributed by atoms with Gasteiger partial charge in [0.1, 0.15) is 5.75 Å². The van der Waals surface area contributed by atoms with E-state index in [1.165, 1.54) is 12.8 Å². The minimum Gasteiger partial charge on any atom is -0.495 e. The number of hydrogen-bond donors (Lipinski definition) is 2. The Bertz CT molecular complexity index is 361. The Hall–Kier alpha value is -1.22. The lowest BCUT2D eigenvalue weighted by Crippen LogP contribution is -2.04. The predicted molar refractivity (Wildman–Crippen MR) is 64.3 cm³/mol. The number of nitrogen functional groups attached to an aromatic ring is 1. The highest BCUT2D eigenvalue weighted by Gasteiger charge is 2.23. The van der Waals surface area contributed by atoms with E-state index in [1.807, 2.05) is 18.2 Å². The van der Waals surface area contributed by atoms with Gasteiger partial charge in [-0.1, -0.05) is 25.0 Å². The summed E-state index contributed by atoms with van der Waals surface area (Å²) < 4.78 is 5.14. The van der Waals surface area contributed by atoms with Crippen LogP contribution in [0.3, 0.4) is 0 Å². The Labute approximate surface area is 96.2 Å². The zero-order valence-corrected chi connectivity index (χ0v) is 9.65. The van der Waals surface area contributed by atoms with Gasteiger partial charge in [0.2, 0.25) is 0 Å². The van der Waals surface area contributed by atoms with E-state index in [0.29, 0.717) is 11.4 Å². The van der Waals surface area contributed by atoms with Crippen molar-refractivity contribution in [3.63, 3.8) is 0 Å². The molecule has 1 atom stereocenters. The van der Waals surface area contributed by atoms with Crippen molar-refractivity contribution in [1.29, 1.82) is 0 Å². The fourth-order valence-corrected chi connectivity index (χ4v) is 1.99. The van der Waals surface area contributed by atoms with Gasteiger partial charge in [0.15, 0.2) is 0 Å². The number of para-hydroxylation sites is 1. The van der Waals surface area contributed by atoms with Crippen LogP contribution in [-0.4, -0.2) is 12.2 Å². The molecular weight excluding hydrogens is 202 g/mol. The van der Waals surface area contributed by atoms with Gasteiger partial charge in [-0.2, -0.15) is 0 Å². The summed E-state index contributed by atoms with van der Waals surface area (Å²) in [7, 11) is 1.59. The van der Waals surface area contributed by atoms with E-state index < -0.39 is 6.10 Å². The van der Waals surface area contributed by atoms with Crippen LogP contribution in [0.25, 0.3) is 0 Å². The van der Waals surface area contributed by atoms with Gasteiger partial charge in [-0.05, 0) is 24.8 Å². The maximum absolute atomic E-state index is 10.1. The van der Waals surface area contributed by atoms with Crippen molar-refractivity contribution in [2.24, 2.45) is 5.92 Å². The molecular formula is C13H19NO2. The van der Waals surface area contributed by atoms with E-state index in [-0.39, 0.29) is 0 Å². The second kappa shape index (κ2) is 4.74. The molecule has 1 aromatic rings. The zero-order valence-electron chi connectivity index (χ0n) is 9.65. The highest BCUT2D eigenvalue weighted by atomic mass is 16.5. The van der Waals surface area contributed by atoms with Crippen molar-refractivity contribution in [3.8, 4) is 5.75 Å². The molecule has 0 spiro atoms. The van der Waals surface area contributed by atoms with Crippen molar-refractivity contribution >= 4 is 5.69 Å². The third-order valence-corrected chi connectivity index (χ3v) is 3.22. The van der Waals surface area contributed by atoms with Gasteiger partial charge >= 0.3 is 0 Å². The summed E-state index contributed by atoms with van der Waals surface area (Å²) in [5.74, 6) is 1.48. The number of rotatable bonds is 5. The summed E-state index contributed by atoms with van der Waals surface area (Å²) in [6.07, 6.45) is 4.07. The lowest BCUT2D eigenvalue weighted by atomic mass is 10.0. The lowest BCUT2D eigenvalue weighted by molar-refractivity contribution is 0.163. The number of nitrogens with two attached hydrogens (primary N) is 1. The van der Waals surface area contributed by atoms with Crippen LogP contribution in [0.4, 0.5) is 5.69 Å². The van der Waals surface area contributed by atoms with Gasteiger partial charge in [0.05, 0.1) is 18.9 Å². The monoisotopic (exact) mass is 221 g/mol. The molecule has 3 N–H and O–H groups in total. The quantitative estimate of drug-likeness (QED) is 0.751. The average molecular weight is 221 g/mol. The van der Waals surface area contributed by atoms with Crippen LogP contribution in [0.2, 0.25) is 0 Å². The van der Waals surface area contributed by atoms with Gasteiger partial charge < -0.3 is 15.6 Å². The molecule has 1 saturated carbocycles. The van der Waals surface area contributed by atoms with Crippen molar-refractivity contribution in [1.82, 2.24) is 0 Å². The Balaban J connectivity index is 2.05. The summed E-state index contributed by atoms with van der Waals surface area (Å²) in [5, 5.41) is 10.1. The van der Waals surface area contributed by atoms with E-state index in [2.05, 4.69) is 0 Å². The average Bonchev–Trinajstić information content (AvgIpc) is 3.10. The van der Waals surface area contributed by atoms with Gasteiger partial charge in [0, 0.05) is 5.56 Å². The topological polar surface area (TPSA) is 55.5 Å². The van der Waals surface area contributed by atoms with Crippen molar-refractivity contribution < 1.29 is 9.84 Å². The normalized spacial score (nSPS) is 17.1. The molecule has 0 bridgehead atoms. The Morgan fingerprint density at radius 1 is 1.50 bits per heavy atom. The maximum Gasteiger partial charge on any atom is 0.142 e. The molecule has 0 heterocycles. The molecule has 3 heteroatoms. The van der Waals surface area contributed by atoms with Crippen molar-refractivity contribution in [2.75, 3.05) is 12.8 Å². The second-order valence-corrected chi connectivity index (χ2v) is 4.50. The van der Waals surface area contributed by atoms with Crippen LogP contribution in [0.1, 0.15) is 37.4 Å². The van der Waals surface area contributed by atoms with Crippen LogP contribution < -0.4 is 10.5 Å². The van der Waals surface area contributed by atoms with Gasteiger partial charge in [-0.25, -0.2) is 0 Å². The fourth-order valence-electron chi connectivity index (χ4n) is 1.99. The first-order valence-electron chi connectivity index (χ1n) is 5.82. The third-order valence-electron chi connectivity index (χ3n) is 3.22. The SMILES string of the molecule is COc1cccc(C(O)CCC2CC2)c1N. The molecule has 0 amide bonds. The molecule has 2 rings (SSSR count). The molecule has 1 unspecified atom stereocenters. The van der Waals surface area contributed by atoms with Gasteiger partial charge in [-0.15, -0.1) is 0 Å². The first-order chi connectivity index (χ1) is 7.72. The molecule has 0 saturated heterocycles. The summed E-state index contributed by atoms with van der Waals surface area (Å²) in [5.41, 5.74) is 7.29. The Morgan fingerprint density at radius 2 is 2.25 bits per heavy atom. The van der Waals surface area contributed by atoms with Gasteiger partial charge in [-0.3, -0.25) is 0 Å². The van der Waals surface area contributed by atoms with E-state index >= 15 is 0 Å². The summed E-state index contributed by atoms with van der Waals surface area (Å²) in [6, 6.07) is 5.55. The van der Waals surface area contributed by atoms with E-state index in [0.717, 1.165) is 24.3 Å². The minimum absolute atomic E-state index is 0.462. The highest BCUT2D eigenvalue weighted by Crippen LogP contribution is 2.37. The second-order valence-electron chi connectivity index (χ2n) is 4.50. The molecule has 0 aromatic heterocycles. The zero-order chi connectivity index (χ0) is 11.5. The molecule has 88 valence electrons. The largest absolute Gasteiger partial charge is 0.495 e. The van der Waals surface area contributed by atoms with Crippen molar-refractivity contribution in [2.45, 2.75) is 31.8 Å². The van der Waals surface area contributed by atoms with E-state index in [9.17, 15) is 5.11 Å². The standard InChI is InChI=1S/C13H19NO2/c1-16-12-4-2-3-10(13(12)14)11(15)8-7-9-5-6-9/h2-4,9,11,15H,5-8,14H2,1H3. The Morgan fingerprint density at radius 3 is 2.88 bits per heavy atom. The molecule has 1 fully saturated rings. The van der Waals surface area contributed by atoms with Gasteiger partial charge in [0.25, 0.3) is 0 Å². The lowest BCUT2D eigenvalue weighted by Gasteiger charge is -2.15. The number of hydrogen-bond acceptors (Lipinski definition) is 3. The van der Waals surface area contributed by atoms with E-state index in [4.69, 9.17) is 10.5 Å². The predicted octanol–water partition coefficient (Wildman–Crippen LogP) is 2.50. The number of aliphatic hydroxyl groups is 1. The van der Waals surface area contributed by atoms with Crippen LogP contribution in [0.5, 0.6) is 5.75 Å². The van der Waals surface area contributed by atoms with Crippen LogP contribution >= 0.6 is 0 Å². The molecule has 1 aliphatic carbocycles. The number of benzene rings is 1. The third kappa shape index (κ3) is 2.47. The fraction of sp³-hybridized carbons (Fsp3) is 0.538. The van der Waals surface area contributed by atoms with Crippen LogP contribution in [0.15, 0.2) is 18.2 Å². The number of methoxy groups -OCH3 is 1. The first kappa shape index (κ1) is 11.3. The molecule has 0 radical (unpaired) electrons. The van der Waals surface area contributed by atoms with Crippen LogP contribution in [-0.2, 0) is 0 Å². The smallest absolute Gasteiger partial charge is 0.142 e. The molecule has 1 aromatic carbocycles. The molecule has 16 heavy (non-hydrogen) atoms. The number of ether oxygens (including phenoxy) is 1. The summed E-state index contributed by atoms with van der Waals surface area (Å²) in [6.45, 7) is 0. The molecule has 0 aliphatic heterocycles.